The number of non-ortho nitro benzene ring substituents is 1. The molecule has 0 heterocycles. The molecule has 0 saturated heterocycles. The lowest BCUT2D eigenvalue weighted by Crippen LogP contribution is -2.35. The zero-order chi connectivity index (χ0) is 43.2. The standard InChI is InChI=1S/C45H50N2O12/c1-44(2,3)58-39(48)27-36(43(51)59-45(4,5)6)35(41(46)49)25-32-19-13-20-37(56-28-30-15-9-7-10-16-30)40(32)55-24-14-23-54-38-26-33(47(52)53)21-22-34(38)42(50)57-29-31-17-11-8-12-18-31/h7-13,15-22,25-26,36H,14,23-24,27-29H2,1-6H3,(H2,46,49)/b35-25+. The van der Waals surface area contributed by atoms with E-state index < -0.39 is 52.3 Å². The Kier molecular flexibility index (Phi) is 15.7. The summed E-state index contributed by atoms with van der Waals surface area (Å²) in [5.41, 5.74) is 5.48. The molecule has 4 rings (SSSR count). The van der Waals surface area contributed by atoms with Crippen LogP contribution in [0.4, 0.5) is 5.69 Å². The summed E-state index contributed by atoms with van der Waals surface area (Å²) in [5, 5.41) is 11.6. The number of nitrogens with two attached hydrogens (primary N) is 1. The highest BCUT2D eigenvalue weighted by Crippen LogP contribution is 2.36. The maximum atomic E-state index is 13.6. The van der Waals surface area contributed by atoms with Crippen LogP contribution in [0.5, 0.6) is 17.2 Å². The molecule has 0 aromatic heterocycles. The first-order valence-electron chi connectivity index (χ1n) is 18.9. The van der Waals surface area contributed by atoms with Crippen molar-refractivity contribution in [3.63, 3.8) is 0 Å². The number of carbonyl (C=O) groups is 4. The number of esters is 3. The highest BCUT2D eigenvalue weighted by atomic mass is 16.6. The van der Waals surface area contributed by atoms with Gasteiger partial charge < -0.3 is 34.2 Å². The predicted molar refractivity (Wildman–Crippen MR) is 218 cm³/mol. The maximum absolute atomic E-state index is 13.6. The molecule has 0 fully saturated rings. The molecule has 59 heavy (non-hydrogen) atoms. The van der Waals surface area contributed by atoms with E-state index in [0.717, 1.165) is 17.2 Å². The Morgan fingerprint density at radius 3 is 1.93 bits per heavy atom. The molecule has 0 aliphatic heterocycles. The van der Waals surface area contributed by atoms with Gasteiger partial charge in [0.15, 0.2) is 11.5 Å². The first kappa shape index (κ1) is 45.0. The van der Waals surface area contributed by atoms with Crippen molar-refractivity contribution in [1.29, 1.82) is 0 Å². The lowest BCUT2D eigenvalue weighted by atomic mass is 9.92. The Balaban J connectivity index is 1.62. The van der Waals surface area contributed by atoms with Crippen LogP contribution in [0, 0.1) is 16.0 Å². The van der Waals surface area contributed by atoms with Gasteiger partial charge in [-0.3, -0.25) is 24.5 Å². The molecule has 4 aromatic carbocycles. The third-order valence-corrected chi connectivity index (χ3v) is 8.10. The van der Waals surface area contributed by atoms with Crippen LogP contribution in [0.2, 0.25) is 0 Å². The third kappa shape index (κ3) is 14.6. The minimum atomic E-state index is -1.43. The van der Waals surface area contributed by atoms with Gasteiger partial charge in [-0.1, -0.05) is 72.8 Å². The fourth-order valence-electron chi connectivity index (χ4n) is 5.53. The lowest BCUT2D eigenvalue weighted by molar-refractivity contribution is -0.384. The van der Waals surface area contributed by atoms with Gasteiger partial charge in [-0.05, 0) is 70.9 Å². The summed E-state index contributed by atoms with van der Waals surface area (Å²) in [5.74, 6) is -4.30. The largest absolute Gasteiger partial charge is 0.492 e. The molecule has 0 radical (unpaired) electrons. The van der Waals surface area contributed by atoms with Crippen LogP contribution in [-0.2, 0) is 41.8 Å². The van der Waals surface area contributed by atoms with Crippen molar-refractivity contribution < 1.29 is 52.5 Å². The smallest absolute Gasteiger partial charge is 0.342 e. The number of amides is 1. The number of hydrogen-bond acceptors (Lipinski definition) is 12. The van der Waals surface area contributed by atoms with E-state index in [1.807, 2.05) is 48.5 Å². The minimum Gasteiger partial charge on any atom is -0.492 e. The highest BCUT2D eigenvalue weighted by Gasteiger charge is 2.35. The molecule has 14 heteroatoms. The fraction of sp³-hybridized carbons (Fsp3) is 0.333. The van der Waals surface area contributed by atoms with Crippen LogP contribution in [0.3, 0.4) is 0 Å². The van der Waals surface area contributed by atoms with Gasteiger partial charge in [0.2, 0.25) is 5.91 Å². The summed E-state index contributed by atoms with van der Waals surface area (Å²) in [4.78, 5) is 63.7. The molecule has 0 bridgehead atoms. The van der Waals surface area contributed by atoms with Crippen LogP contribution in [0.15, 0.2) is 103 Å². The van der Waals surface area contributed by atoms with Crippen molar-refractivity contribution in [2.45, 2.75) is 78.8 Å². The molecule has 4 aromatic rings. The number of primary amides is 1. The number of para-hydroxylation sites is 1. The molecule has 0 aliphatic rings. The Bertz CT molecular complexity index is 2120. The van der Waals surface area contributed by atoms with Gasteiger partial charge >= 0.3 is 17.9 Å². The molecule has 0 aliphatic carbocycles. The first-order chi connectivity index (χ1) is 27.9. The summed E-state index contributed by atoms with van der Waals surface area (Å²) in [6.07, 6.45) is 1.04. The zero-order valence-corrected chi connectivity index (χ0v) is 34.1. The third-order valence-electron chi connectivity index (χ3n) is 8.10. The average molecular weight is 811 g/mol. The topological polar surface area (TPSA) is 193 Å². The van der Waals surface area contributed by atoms with E-state index in [4.69, 9.17) is 34.2 Å². The average Bonchev–Trinajstić information content (AvgIpc) is 3.17. The molecular formula is C45H50N2O12. The Hall–Kier alpha value is -6.70. The molecule has 1 atom stereocenters. The van der Waals surface area contributed by atoms with Crippen LogP contribution in [0.25, 0.3) is 6.08 Å². The Labute approximate surface area is 343 Å². The molecule has 1 amide bonds. The van der Waals surface area contributed by atoms with Gasteiger partial charge in [0.05, 0.1) is 36.5 Å². The number of nitro benzene ring substituents is 1. The van der Waals surface area contributed by atoms with Crippen LogP contribution in [0.1, 0.15) is 81.4 Å². The lowest BCUT2D eigenvalue weighted by Gasteiger charge is -2.26. The molecule has 0 spiro atoms. The fourth-order valence-corrected chi connectivity index (χ4v) is 5.53. The number of nitro groups is 1. The molecule has 1 unspecified atom stereocenters. The van der Waals surface area contributed by atoms with Crippen molar-refractivity contribution in [1.82, 2.24) is 0 Å². The Morgan fingerprint density at radius 2 is 1.34 bits per heavy atom. The van der Waals surface area contributed by atoms with E-state index in [-0.39, 0.29) is 66.9 Å². The zero-order valence-electron chi connectivity index (χ0n) is 34.1. The van der Waals surface area contributed by atoms with Gasteiger partial charge in [0.1, 0.15) is 35.7 Å². The van der Waals surface area contributed by atoms with Crippen molar-refractivity contribution in [2.24, 2.45) is 11.7 Å². The second kappa shape index (κ2) is 20.6. The second-order valence-corrected chi connectivity index (χ2v) is 15.3. The number of ether oxygens (including phenoxy) is 6. The van der Waals surface area contributed by atoms with Gasteiger partial charge in [-0.15, -0.1) is 0 Å². The minimum absolute atomic E-state index is 0.00411. The van der Waals surface area contributed by atoms with Gasteiger partial charge in [0, 0.05) is 23.6 Å². The van der Waals surface area contributed by atoms with Crippen molar-refractivity contribution in [2.75, 3.05) is 13.2 Å². The number of hydrogen-bond donors (Lipinski definition) is 1. The summed E-state index contributed by atoms with van der Waals surface area (Å²) >= 11 is 0. The number of carbonyl (C=O) groups excluding carboxylic acids is 4. The van der Waals surface area contributed by atoms with Crippen molar-refractivity contribution >= 4 is 35.6 Å². The number of benzene rings is 4. The van der Waals surface area contributed by atoms with Gasteiger partial charge in [-0.2, -0.15) is 0 Å². The number of nitrogens with zero attached hydrogens (tertiary/aromatic N) is 1. The van der Waals surface area contributed by atoms with E-state index in [1.54, 1.807) is 71.9 Å². The quantitative estimate of drug-likeness (QED) is 0.0240. The SMILES string of the molecule is CC(C)(C)OC(=O)CC(C(=O)OC(C)(C)C)/C(=C\c1cccc(OCc2ccccc2)c1OCCCOc1cc([N+](=O)[O-])ccc1C(=O)OCc1ccccc1)C(N)=O. The molecule has 2 N–H and O–H groups in total. The molecular weight excluding hydrogens is 760 g/mol. The first-order valence-corrected chi connectivity index (χ1v) is 18.9. The monoisotopic (exact) mass is 810 g/mol. The Morgan fingerprint density at radius 1 is 0.729 bits per heavy atom. The van der Waals surface area contributed by atoms with Crippen LogP contribution in [-0.4, -0.2) is 53.2 Å². The molecule has 312 valence electrons. The van der Waals surface area contributed by atoms with Crippen molar-refractivity contribution in [3.05, 3.63) is 135 Å². The highest BCUT2D eigenvalue weighted by molar-refractivity contribution is 6.03. The summed E-state index contributed by atoms with van der Waals surface area (Å²) in [6.45, 7) is 10.1. The predicted octanol–water partition coefficient (Wildman–Crippen LogP) is 7.94. The van der Waals surface area contributed by atoms with E-state index in [9.17, 15) is 29.3 Å². The maximum Gasteiger partial charge on any atom is 0.342 e. The second-order valence-electron chi connectivity index (χ2n) is 15.3. The molecule has 14 nitrogen and oxygen atoms in total. The van der Waals surface area contributed by atoms with E-state index in [0.29, 0.717) is 5.56 Å². The summed E-state index contributed by atoms with van der Waals surface area (Å²) < 4.78 is 34.9. The summed E-state index contributed by atoms with van der Waals surface area (Å²) in [7, 11) is 0. The number of rotatable bonds is 19. The van der Waals surface area contributed by atoms with Gasteiger partial charge in [0.25, 0.3) is 5.69 Å². The van der Waals surface area contributed by atoms with Gasteiger partial charge in [-0.25, -0.2) is 4.79 Å². The van der Waals surface area contributed by atoms with E-state index in [1.165, 1.54) is 18.2 Å². The van der Waals surface area contributed by atoms with Crippen LogP contribution >= 0.6 is 0 Å². The van der Waals surface area contributed by atoms with Crippen LogP contribution < -0.4 is 19.9 Å². The van der Waals surface area contributed by atoms with Crippen molar-refractivity contribution in [3.8, 4) is 17.2 Å². The normalized spacial score (nSPS) is 12.1. The van der Waals surface area contributed by atoms with E-state index >= 15 is 0 Å². The summed E-state index contributed by atoms with van der Waals surface area (Å²) in [6, 6.07) is 27.0. The molecule has 0 saturated carbocycles. The van der Waals surface area contributed by atoms with E-state index in [2.05, 4.69) is 0 Å².